The fourth-order valence-corrected chi connectivity index (χ4v) is 3.57. The molecule has 0 saturated carbocycles. The molecule has 9 heteroatoms. The van der Waals surface area contributed by atoms with Crippen molar-refractivity contribution in [3.63, 3.8) is 0 Å². The largest absolute Gasteiger partial charge is 0.492 e. The zero-order chi connectivity index (χ0) is 21.4. The number of furan rings is 1. The van der Waals surface area contributed by atoms with Crippen LogP contribution in [0, 0.1) is 6.92 Å². The number of hydrogen-bond donors (Lipinski definition) is 1. The minimum absolute atomic E-state index is 0.211. The fraction of sp³-hybridized carbons (Fsp3) is 0.227. The normalized spacial score (nSPS) is 12.3. The Kier molecular flexibility index (Phi) is 4.70. The monoisotopic (exact) mass is 420 g/mol. The molecule has 1 N–H and O–H groups in total. The standard InChI is InChI=1S/C22H20N4O5/c1-13-20-15(11-16(17-4-3-8-29-17)24-21(20)26(2)25-13)22(27)23-7-9-28-14-5-6-18-19(10-14)31-12-30-18/h3-6,8,10-11H,7,9,12H2,1-2H3,(H,23,27). The van der Waals surface area contributed by atoms with Crippen molar-refractivity contribution in [1.82, 2.24) is 20.1 Å². The summed E-state index contributed by atoms with van der Waals surface area (Å²) >= 11 is 0. The minimum Gasteiger partial charge on any atom is -0.492 e. The predicted octanol–water partition coefficient (Wildman–Crippen LogP) is 3.07. The SMILES string of the molecule is Cc1nn(C)c2nc(-c3ccco3)cc(C(=O)NCCOc3ccc4c(c3)OCO4)c12. The number of carbonyl (C=O) groups excluding carboxylic acids is 1. The second-order valence-electron chi connectivity index (χ2n) is 7.06. The zero-order valence-electron chi connectivity index (χ0n) is 17.0. The van der Waals surface area contributed by atoms with Crippen LogP contribution in [0.15, 0.2) is 47.1 Å². The van der Waals surface area contributed by atoms with Crippen LogP contribution in [-0.2, 0) is 7.05 Å². The van der Waals surface area contributed by atoms with Crippen LogP contribution in [-0.4, -0.2) is 40.6 Å². The summed E-state index contributed by atoms with van der Waals surface area (Å²) in [4.78, 5) is 17.6. The quantitative estimate of drug-likeness (QED) is 0.479. The van der Waals surface area contributed by atoms with E-state index in [0.29, 0.717) is 58.5 Å². The maximum absolute atomic E-state index is 13.0. The highest BCUT2D eigenvalue weighted by Gasteiger charge is 2.20. The summed E-state index contributed by atoms with van der Waals surface area (Å²) in [6.07, 6.45) is 1.57. The molecule has 31 heavy (non-hydrogen) atoms. The summed E-state index contributed by atoms with van der Waals surface area (Å²) in [5.74, 6) is 2.35. The second-order valence-corrected chi connectivity index (χ2v) is 7.06. The molecule has 0 radical (unpaired) electrons. The first kappa shape index (κ1) is 19.0. The van der Waals surface area contributed by atoms with Gasteiger partial charge in [-0.15, -0.1) is 0 Å². The van der Waals surface area contributed by atoms with Gasteiger partial charge in [0.25, 0.3) is 5.91 Å². The maximum Gasteiger partial charge on any atom is 0.252 e. The molecule has 0 fully saturated rings. The van der Waals surface area contributed by atoms with Crippen LogP contribution in [0.2, 0.25) is 0 Å². The Bertz CT molecular complexity index is 1260. The van der Waals surface area contributed by atoms with E-state index in [-0.39, 0.29) is 12.7 Å². The molecule has 5 rings (SSSR count). The fourth-order valence-electron chi connectivity index (χ4n) is 3.57. The van der Waals surface area contributed by atoms with Crippen molar-refractivity contribution in [2.45, 2.75) is 6.92 Å². The number of aryl methyl sites for hydroxylation is 2. The predicted molar refractivity (Wildman–Crippen MR) is 111 cm³/mol. The molecular weight excluding hydrogens is 400 g/mol. The van der Waals surface area contributed by atoms with Crippen molar-refractivity contribution in [1.29, 1.82) is 0 Å². The number of fused-ring (bicyclic) bond motifs is 2. The molecule has 0 spiro atoms. The topological polar surface area (TPSA) is 101 Å². The highest BCUT2D eigenvalue weighted by atomic mass is 16.7. The summed E-state index contributed by atoms with van der Waals surface area (Å²) in [5, 5.41) is 8.04. The first-order valence-corrected chi connectivity index (χ1v) is 9.79. The Morgan fingerprint density at radius 1 is 1.23 bits per heavy atom. The number of carbonyl (C=O) groups is 1. The van der Waals surface area contributed by atoms with Crippen molar-refractivity contribution in [3.05, 3.63) is 53.9 Å². The number of aromatic nitrogens is 3. The van der Waals surface area contributed by atoms with Crippen LogP contribution >= 0.6 is 0 Å². The Labute approximate surface area is 177 Å². The molecule has 0 atom stereocenters. The molecule has 0 unspecified atom stereocenters. The van der Waals surface area contributed by atoms with Gasteiger partial charge in [0.15, 0.2) is 22.9 Å². The van der Waals surface area contributed by atoms with Crippen LogP contribution in [0.3, 0.4) is 0 Å². The molecule has 0 bridgehead atoms. The third-order valence-electron chi connectivity index (χ3n) is 4.99. The average molecular weight is 420 g/mol. The van der Waals surface area contributed by atoms with Gasteiger partial charge in [0.05, 0.1) is 29.5 Å². The number of amides is 1. The van der Waals surface area contributed by atoms with Gasteiger partial charge in [-0.1, -0.05) is 0 Å². The number of nitrogens with zero attached hydrogens (tertiary/aromatic N) is 3. The lowest BCUT2D eigenvalue weighted by atomic mass is 10.1. The molecule has 1 aliphatic rings. The van der Waals surface area contributed by atoms with Crippen molar-refractivity contribution in [2.24, 2.45) is 7.05 Å². The molecule has 3 aromatic heterocycles. The Morgan fingerprint density at radius 3 is 2.94 bits per heavy atom. The summed E-state index contributed by atoms with van der Waals surface area (Å²) in [5.41, 5.74) is 2.42. The first-order chi connectivity index (χ1) is 15.1. The summed E-state index contributed by atoms with van der Waals surface area (Å²) in [6, 6.07) is 10.7. The third kappa shape index (κ3) is 3.54. The van der Waals surface area contributed by atoms with Crippen LogP contribution in [0.1, 0.15) is 16.1 Å². The van der Waals surface area contributed by atoms with E-state index in [9.17, 15) is 4.79 Å². The van der Waals surface area contributed by atoms with E-state index in [4.69, 9.17) is 18.6 Å². The van der Waals surface area contributed by atoms with Gasteiger partial charge in [0, 0.05) is 13.1 Å². The number of hydrogen-bond acceptors (Lipinski definition) is 7. The number of rotatable bonds is 6. The molecular formula is C22H20N4O5. The van der Waals surface area contributed by atoms with E-state index < -0.39 is 0 Å². The molecule has 158 valence electrons. The molecule has 0 saturated heterocycles. The highest BCUT2D eigenvalue weighted by molar-refractivity contribution is 6.07. The zero-order valence-corrected chi connectivity index (χ0v) is 17.0. The van der Waals surface area contributed by atoms with Gasteiger partial charge in [-0.25, -0.2) is 4.98 Å². The highest BCUT2D eigenvalue weighted by Crippen LogP contribution is 2.35. The first-order valence-electron chi connectivity index (χ1n) is 9.79. The van der Waals surface area contributed by atoms with Gasteiger partial charge in [-0.3, -0.25) is 9.48 Å². The van der Waals surface area contributed by atoms with Crippen LogP contribution in [0.4, 0.5) is 0 Å². The van der Waals surface area contributed by atoms with E-state index in [0.717, 1.165) is 5.69 Å². The van der Waals surface area contributed by atoms with E-state index in [1.54, 1.807) is 54.4 Å². The van der Waals surface area contributed by atoms with Crippen LogP contribution in [0.5, 0.6) is 17.2 Å². The smallest absolute Gasteiger partial charge is 0.252 e. The van der Waals surface area contributed by atoms with Gasteiger partial charge in [-0.2, -0.15) is 5.10 Å². The Morgan fingerprint density at radius 2 is 2.10 bits per heavy atom. The van der Waals surface area contributed by atoms with E-state index in [1.165, 1.54) is 0 Å². The molecule has 0 aliphatic carbocycles. The Hall–Kier alpha value is -4.01. The van der Waals surface area contributed by atoms with Gasteiger partial charge < -0.3 is 23.9 Å². The number of pyridine rings is 1. The number of benzene rings is 1. The number of ether oxygens (including phenoxy) is 3. The summed E-state index contributed by atoms with van der Waals surface area (Å²) in [7, 11) is 1.80. The molecule has 9 nitrogen and oxygen atoms in total. The lowest BCUT2D eigenvalue weighted by Crippen LogP contribution is -2.28. The van der Waals surface area contributed by atoms with Crippen LogP contribution in [0.25, 0.3) is 22.5 Å². The molecule has 1 aromatic carbocycles. The third-order valence-corrected chi connectivity index (χ3v) is 4.99. The van der Waals surface area contributed by atoms with Crippen molar-refractivity contribution < 1.29 is 23.4 Å². The lowest BCUT2D eigenvalue weighted by Gasteiger charge is -2.10. The molecule has 4 heterocycles. The van der Waals surface area contributed by atoms with Crippen molar-refractivity contribution >= 4 is 16.9 Å². The van der Waals surface area contributed by atoms with Gasteiger partial charge in [-0.05, 0) is 37.3 Å². The average Bonchev–Trinajstić information content (AvgIpc) is 3.51. The lowest BCUT2D eigenvalue weighted by molar-refractivity contribution is 0.0948. The summed E-state index contributed by atoms with van der Waals surface area (Å²) in [6.45, 7) is 2.70. The van der Waals surface area contributed by atoms with Crippen LogP contribution < -0.4 is 19.5 Å². The second kappa shape index (κ2) is 7.67. The molecule has 1 aliphatic heterocycles. The minimum atomic E-state index is -0.231. The summed E-state index contributed by atoms with van der Waals surface area (Å²) < 4.78 is 23.5. The van der Waals surface area contributed by atoms with E-state index in [2.05, 4.69) is 15.4 Å². The van der Waals surface area contributed by atoms with Gasteiger partial charge in [0.2, 0.25) is 6.79 Å². The molecule has 1 amide bonds. The molecule has 4 aromatic rings. The Balaban J connectivity index is 1.32. The van der Waals surface area contributed by atoms with Gasteiger partial charge >= 0.3 is 0 Å². The van der Waals surface area contributed by atoms with Gasteiger partial charge in [0.1, 0.15) is 18.1 Å². The number of nitrogens with one attached hydrogen (secondary N) is 1. The van der Waals surface area contributed by atoms with Crippen molar-refractivity contribution in [3.8, 4) is 28.7 Å². The maximum atomic E-state index is 13.0. The van der Waals surface area contributed by atoms with E-state index in [1.807, 2.05) is 6.92 Å². The van der Waals surface area contributed by atoms with Crippen molar-refractivity contribution in [2.75, 3.05) is 19.9 Å². The van der Waals surface area contributed by atoms with E-state index >= 15 is 0 Å².